The van der Waals surface area contributed by atoms with Gasteiger partial charge in [-0.05, 0) is 0 Å². The van der Waals surface area contributed by atoms with Crippen LogP contribution in [0.25, 0.3) is 0 Å². The molecule has 0 aromatic heterocycles. The van der Waals surface area contributed by atoms with E-state index in [1.165, 1.54) is 26.8 Å². The quantitative estimate of drug-likeness (QED) is 0.624. The van der Waals surface area contributed by atoms with Crippen LogP contribution in [0.3, 0.4) is 0 Å². The summed E-state index contributed by atoms with van der Waals surface area (Å²) in [5, 5.41) is 1.52. The number of hydrogen-bond acceptors (Lipinski definition) is 0. The summed E-state index contributed by atoms with van der Waals surface area (Å²) in [6, 6.07) is 5.89. The van der Waals surface area contributed by atoms with Crippen molar-refractivity contribution in [2.75, 3.05) is 0 Å². The van der Waals surface area contributed by atoms with Crippen LogP contribution in [0.15, 0.2) is 30.4 Å². The van der Waals surface area contributed by atoms with Crippen LogP contribution >= 0.6 is 23.2 Å². The van der Waals surface area contributed by atoms with Gasteiger partial charge in [-0.2, -0.15) is 0 Å². The van der Waals surface area contributed by atoms with Gasteiger partial charge in [0.1, 0.15) is 0 Å². The Hall–Kier alpha value is 0.410. The molecule has 1 heterocycles. The first kappa shape index (κ1) is 13.8. The third-order valence-electron chi connectivity index (χ3n) is 3.38. The van der Waals surface area contributed by atoms with Crippen molar-refractivity contribution in [2.24, 2.45) is 0 Å². The Morgan fingerprint density at radius 2 is 1.82 bits per heavy atom. The average Bonchev–Trinajstić information content (AvgIpc) is 2.29. The number of benzene rings is 1. The van der Waals surface area contributed by atoms with Gasteiger partial charge in [-0.3, -0.25) is 0 Å². The molecule has 0 radical (unpaired) electrons. The Labute approximate surface area is 122 Å². The van der Waals surface area contributed by atoms with E-state index in [1.807, 2.05) is 12.1 Å². The van der Waals surface area contributed by atoms with E-state index in [2.05, 4.69) is 12.2 Å². The van der Waals surface area contributed by atoms with E-state index in [0.29, 0.717) is 0 Å². The maximum absolute atomic E-state index is 6.00. The summed E-state index contributed by atoms with van der Waals surface area (Å²) in [4.78, 5) is 0. The van der Waals surface area contributed by atoms with Crippen molar-refractivity contribution >= 4 is 44.6 Å². The minimum atomic E-state index is -1.12. The van der Waals surface area contributed by atoms with E-state index in [-0.39, 0.29) is 0 Å². The summed E-state index contributed by atoms with van der Waals surface area (Å²) in [5.41, 5.74) is 1.29. The second kappa shape index (κ2) is 7.11. The van der Waals surface area contributed by atoms with E-state index in [4.69, 9.17) is 23.2 Å². The van der Waals surface area contributed by atoms with Crippen molar-refractivity contribution in [2.45, 2.75) is 31.8 Å². The summed E-state index contributed by atoms with van der Waals surface area (Å²) >= 11 is 10.9. The molecule has 0 spiro atoms. The van der Waals surface area contributed by atoms with Crippen LogP contribution in [-0.2, 0) is 6.42 Å². The van der Waals surface area contributed by atoms with Crippen LogP contribution in [0.5, 0.6) is 0 Å². The second-order valence-electron chi connectivity index (χ2n) is 4.82. The predicted octanol–water partition coefficient (Wildman–Crippen LogP) is 5.38. The number of aryl methyl sites for hydroxylation is 1. The minimum absolute atomic E-state index is 0.761. The number of hydrogen-bond donors (Lipinski definition) is 0. The Bertz CT molecular complexity index is 381. The molecule has 0 nitrogen and oxygen atoms in total. The van der Waals surface area contributed by atoms with Crippen LogP contribution in [0.1, 0.15) is 18.4 Å². The van der Waals surface area contributed by atoms with Gasteiger partial charge in [0, 0.05) is 0 Å². The van der Waals surface area contributed by atoms with Gasteiger partial charge >= 0.3 is 122 Å². The molecule has 17 heavy (non-hydrogen) atoms. The molecule has 2 rings (SSSR count). The van der Waals surface area contributed by atoms with Gasteiger partial charge in [0.05, 0.1) is 0 Å². The van der Waals surface area contributed by atoms with Crippen LogP contribution in [0.4, 0.5) is 0 Å². The van der Waals surface area contributed by atoms with Crippen molar-refractivity contribution in [3.05, 3.63) is 46.0 Å². The Kier molecular flexibility index (Phi) is 5.79. The summed E-state index contributed by atoms with van der Waals surface area (Å²) < 4.78 is 4.56. The summed E-state index contributed by atoms with van der Waals surface area (Å²) in [6.45, 7) is 0. The van der Waals surface area contributed by atoms with E-state index in [1.54, 1.807) is 10.2 Å². The van der Waals surface area contributed by atoms with Gasteiger partial charge in [-0.25, -0.2) is 0 Å². The molecular weight excluding hydrogens is 354 g/mol. The monoisotopic (exact) mass is 370 g/mol. The van der Waals surface area contributed by atoms with E-state index in [9.17, 15) is 0 Å². The standard InChI is InChI=1S/C9H9Cl2.C5H8.In/c1-2-3-7-4-8(10)6-9(11)5-7;1-3-5-4-2;/h4-6H,1-3H2;3,5H,1-2,4H2;. The molecule has 0 atom stereocenters. The normalized spacial score (nSPS) is 15.3. The number of rotatable bonds is 4. The van der Waals surface area contributed by atoms with Gasteiger partial charge < -0.3 is 0 Å². The second-order valence-corrected chi connectivity index (χ2v) is 15.3. The SMILES string of the molecule is Clc1cc(Cl)cc(CC[CH2][In]2[CH2]C=CC[CH2]2)c1. The van der Waals surface area contributed by atoms with E-state index >= 15 is 0 Å². The summed E-state index contributed by atoms with van der Waals surface area (Å²) in [5.74, 6) is 0. The maximum atomic E-state index is 6.00. The molecule has 0 aliphatic carbocycles. The topological polar surface area (TPSA) is 0 Å². The molecule has 0 bridgehead atoms. The molecule has 0 amide bonds. The van der Waals surface area contributed by atoms with E-state index < -0.39 is 21.4 Å². The molecule has 3 heteroatoms. The first-order chi connectivity index (χ1) is 8.24. The molecule has 0 saturated heterocycles. The van der Waals surface area contributed by atoms with Crippen LogP contribution in [0.2, 0.25) is 22.6 Å². The van der Waals surface area contributed by atoms with E-state index in [0.717, 1.165) is 16.5 Å². The molecule has 0 fully saturated rings. The molecule has 1 aromatic rings. The van der Waals surface area contributed by atoms with Gasteiger partial charge in [-0.15, -0.1) is 0 Å². The third-order valence-corrected chi connectivity index (χ3v) is 13.3. The molecular formula is C14H17Cl2In. The van der Waals surface area contributed by atoms with Crippen molar-refractivity contribution in [3.63, 3.8) is 0 Å². The molecule has 1 aromatic carbocycles. The summed E-state index contributed by atoms with van der Waals surface area (Å²) in [6.07, 6.45) is 8.58. The number of allylic oxidation sites excluding steroid dienone is 2. The van der Waals surface area contributed by atoms with Gasteiger partial charge in [0.15, 0.2) is 0 Å². The van der Waals surface area contributed by atoms with Crippen molar-refractivity contribution in [1.82, 2.24) is 0 Å². The Morgan fingerprint density at radius 1 is 1.06 bits per heavy atom. The fourth-order valence-corrected chi connectivity index (χ4v) is 11.0. The van der Waals surface area contributed by atoms with Gasteiger partial charge in [0.25, 0.3) is 0 Å². The predicted molar refractivity (Wildman–Crippen MR) is 78.7 cm³/mol. The molecule has 1 aliphatic rings. The zero-order valence-electron chi connectivity index (χ0n) is 9.96. The average molecular weight is 371 g/mol. The van der Waals surface area contributed by atoms with Crippen LogP contribution in [-0.4, -0.2) is 21.4 Å². The zero-order valence-corrected chi connectivity index (χ0v) is 14.8. The fraction of sp³-hybridized carbons (Fsp3) is 0.429. The molecule has 0 saturated carbocycles. The molecule has 90 valence electrons. The zero-order chi connectivity index (χ0) is 12.1. The number of halogens is 2. The van der Waals surface area contributed by atoms with Gasteiger partial charge in [-0.1, -0.05) is 0 Å². The van der Waals surface area contributed by atoms with Crippen LogP contribution in [0, 0.1) is 0 Å². The Morgan fingerprint density at radius 3 is 2.47 bits per heavy atom. The van der Waals surface area contributed by atoms with Crippen molar-refractivity contribution in [3.8, 4) is 0 Å². The van der Waals surface area contributed by atoms with Crippen molar-refractivity contribution < 1.29 is 0 Å². The van der Waals surface area contributed by atoms with Crippen molar-refractivity contribution in [1.29, 1.82) is 0 Å². The first-order valence-electron chi connectivity index (χ1n) is 6.34. The molecule has 0 unspecified atom stereocenters. The Balaban J connectivity index is 1.79. The molecule has 0 N–H and O–H groups in total. The van der Waals surface area contributed by atoms with Gasteiger partial charge in [0.2, 0.25) is 0 Å². The fourth-order valence-electron chi connectivity index (χ4n) is 2.47. The molecule has 1 aliphatic heterocycles. The third kappa shape index (κ3) is 4.89. The first-order valence-corrected chi connectivity index (χ1v) is 14.1. The summed E-state index contributed by atoms with van der Waals surface area (Å²) in [7, 11) is 0. The van der Waals surface area contributed by atoms with Crippen LogP contribution < -0.4 is 0 Å².